The maximum absolute atomic E-state index is 12.6. The van der Waals surface area contributed by atoms with Crippen LogP contribution in [0.25, 0.3) is 0 Å². The number of carbonyl (C=O) groups is 2. The quantitative estimate of drug-likeness (QED) is 0.513. The number of carbonyl (C=O) groups excluding carboxylic acids is 2. The molecule has 2 heterocycles. The Morgan fingerprint density at radius 3 is 2.76 bits per heavy atom. The summed E-state index contributed by atoms with van der Waals surface area (Å²) in [7, 11) is 0. The number of benzene rings is 1. The minimum Gasteiger partial charge on any atom is -0.368 e. The molecule has 1 unspecified atom stereocenters. The number of rotatable bonds is 11. The third-order valence-electron chi connectivity index (χ3n) is 6.22. The van der Waals surface area contributed by atoms with Crippen molar-refractivity contribution in [3.05, 3.63) is 59.3 Å². The van der Waals surface area contributed by atoms with Gasteiger partial charge in [-0.1, -0.05) is 24.3 Å². The number of aromatic nitrogens is 1. The minimum absolute atomic E-state index is 0.0779. The predicted molar refractivity (Wildman–Crippen MR) is 132 cm³/mol. The molecule has 0 bridgehead atoms. The van der Waals surface area contributed by atoms with Gasteiger partial charge in [-0.2, -0.15) is 0 Å². The number of nitrogens with zero attached hydrogens (tertiary/aromatic N) is 3. The maximum Gasteiger partial charge on any atom is 0.251 e. The first kappa shape index (κ1) is 24.7. The van der Waals surface area contributed by atoms with Crippen molar-refractivity contribution in [2.24, 2.45) is 0 Å². The van der Waals surface area contributed by atoms with Crippen molar-refractivity contribution in [2.75, 3.05) is 38.0 Å². The van der Waals surface area contributed by atoms with Gasteiger partial charge in [-0.05, 0) is 56.4 Å². The predicted octanol–water partition coefficient (Wildman–Crippen LogP) is 3.32. The first-order valence-corrected chi connectivity index (χ1v) is 12.0. The monoisotopic (exact) mass is 451 g/mol. The Hall–Kier alpha value is -2.93. The van der Waals surface area contributed by atoms with Crippen molar-refractivity contribution in [3.63, 3.8) is 0 Å². The third-order valence-corrected chi connectivity index (χ3v) is 6.22. The van der Waals surface area contributed by atoms with Crippen LogP contribution in [0.1, 0.15) is 55.1 Å². The molecule has 178 valence electrons. The van der Waals surface area contributed by atoms with Crippen molar-refractivity contribution >= 4 is 17.6 Å². The Balaban J connectivity index is 1.40. The molecule has 1 aromatic heterocycles. The number of amides is 2. The average Bonchev–Trinajstić information content (AvgIpc) is 2.82. The molecule has 0 fully saturated rings. The van der Waals surface area contributed by atoms with Crippen molar-refractivity contribution in [1.29, 1.82) is 0 Å². The van der Waals surface area contributed by atoms with E-state index in [2.05, 4.69) is 51.7 Å². The van der Waals surface area contributed by atoms with E-state index in [9.17, 15) is 9.59 Å². The number of hydrogen-bond acceptors (Lipinski definition) is 5. The topological polar surface area (TPSA) is 77.6 Å². The summed E-state index contributed by atoms with van der Waals surface area (Å²) in [5.74, 6) is 0.686. The molecule has 7 nitrogen and oxygen atoms in total. The summed E-state index contributed by atoms with van der Waals surface area (Å²) in [6.07, 6.45) is 4.49. The Morgan fingerprint density at radius 1 is 1.21 bits per heavy atom. The van der Waals surface area contributed by atoms with E-state index in [0.717, 1.165) is 38.9 Å². The van der Waals surface area contributed by atoms with Gasteiger partial charge < -0.3 is 15.5 Å². The molecular weight excluding hydrogens is 414 g/mol. The smallest absolute Gasteiger partial charge is 0.251 e. The lowest BCUT2D eigenvalue weighted by atomic mass is 10.00. The second kappa shape index (κ2) is 12.3. The van der Waals surface area contributed by atoms with Gasteiger partial charge in [0.15, 0.2) is 0 Å². The van der Waals surface area contributed by atoms with Gasteiger partial charge in [0.25, 0.3) is 5.91 Å². The highest BCUT2D eigenvalue weighted by Gasteiger charge is 2.15. The molecule has 1 aliphatic heterocycles. The zero-order valence-corrected chi connectivity index (χ0v) is 20.1. The van der Waals surface area contributed by atoms with Crippen LogP contribution in [0, 0.1) is 0 Å². The molecule has 1 aliphatic rings. The van der Waals surface area contributed by atoms with E-state index >= 15 is 0 Å². The van der Waals surface area contributed by atoms with Crippen molar-refractivity contribution in [1.82, 2.24) is 20.1 Å². The molecule has 0 radical (unpaired) electrons. The Labute approximate surface area is 197 Å². The van der Waals surface area contributed by atoms with Crippen LogP contribution in [0.3, 0.4) is 0 Å². The lowest BCUT2D eigenvalue weighted by molar-refractivity contribution is -0.128. The summed E-state index contributed by atoms with van der Waals surface area (Å²) in [5.41, 5.74) is 3.48. The molecule has 1 atom stereocenters. The largest absolute Gasteiger partial charge is 0.368 e. The summed E-state index contributed by atoms with van der Waals surface area (Å²) in [6.45, 7) is 10.7. The molecule has 0 saturated heterocycles. The van der Waals surface area contributed by atoms with E-state index in [1.165, 1.54) is 11.1 Å². The molecule has 7 heteroatoms. The summed E-state index contributed by atoms with van der Waals surface area (Å²) < 4.78 is 0. The third kappa shape index (κ3) is 7.56. The summed E-state index contributed by atoms with van der Waals surface area (Å²) >= 11 is 0. The van der Waals surface area contributed by atoms with Gasteiger partial charge in [-0.15, -0.1) is 0 Å². The van der Waals surface area contributed by atoms with E-state index in [1.807, 2.05) is 11.8 Å². The molecule has 0 aliphatic carbocycles. The fourth-order valence-corrected chi connectivity index (χ4v) is 4.21. The van der Waals surface area contributed by atoms with Crippen LogP contribution in [0.4, 0.5) is 5.82 Å². The summed E-state index contributed by atoms with van der Waals surface area (Å²) in [4.78, 5) is 32.8. The highest BCUT2D eigenvalue weighted by Crippen LogP contribution is 2.18. The Morgan fingerprint density at radius 2 is 2.00 bits per heavy atom. The summed E-state index contributed by atoms with van der Waals surface area (Å²) in [6, 6.07) is 12.3. The highest BCUT2D eigenvalue weighted by atomic mass is 16.2. The first-order chi connectivity index (χ1) is 16.0. The van der Waals surface area contributed by atoms with Crippen LogP contribution in [-0.2, 0) is 17.8 Å². The first-order valence-electron chi connectivity index (χ1n) is 12.0. The average molecular weight is 452 g/mol. The van der Waals surface area contributed by atoms with Crippen LogP contribution in [-0.4, -0.2) is 65.4 Å². The van der Waals surface area contributed by atoms with Gasteiger partial charge in [0.1, 0.15) is 5.82 Å². The zero-order valence-electron chi connectivity index (χ0n) is 20.1. The molecule has 0 saturated carbocycles. The fraction of sp³-hybridized carbons (Fsp3) is 0.500. The van der Waals surface area contributed by atoms with Crippen LogP contribution in [0.15, 0.2) is 42.6 Å². The van der Waals surface area contributed by atoms with E-state index in [4.69, 9.17) is 0 Å². The standard InChI is InChI=1S/C26H37N5O2/c1-4-31(21(3)32)17-11-20(2)29-25-18-23(10-14-27-25)26(33)28-13-7-15-30-16-12-22-8-5-6-9-24(22)19-30/h5-6,8-10,14,18,20H,4,7,11-13,15-17,19H2,1-3H3,(H,27,29)(H,28,33). The SMILES string of the molecule is CCN(CCC(C)Nc1cc(C(=O)NCCCN2CCc3ccccc3C2)ccn1)C(C)=O. The molecule has 33 heavy (non-hydrogen) atoms. The van der Waals surface area contributed by atoms with Crippen LogP contribution >= 0.6 is 0 Å². The lowest BCUT2D eigenvalue weighted by Gasteiger charge is -2.28. The Bertz CT molecular complexity index is 932. The molecule has 0 spiro atoms. The maximum atomic E-state index is 12.6. The second-order valence-corrected chi connectivity index (χ2v) is 8.77. The molecule has 2 N–H and O–H groups in total. The van der Waals surface area contributed by atoms with E-state index in [0.29, 0.717) is 31.0 Å². The van der Waals surface area contributed by atoms with E-state index in [1.54, 1.807) is 25.3 Å². The number of pyridine rings is 1. The minimum atomic E-state index is -0.0779. The summed E-state index contributed by atoms with van der Waals surface area (Å²) in [5, 5.41) is 6.37. The number of fused-ring (bicyclic) bond motifs is 1. The van der Waals surface area contributed by atoms with Crippen LogP contribution in [0.2, 0.25) is 0 Å². The van der Waals surface area contributed by atoms with Crippen molar-refractivity contribution in [2.45, 2.75) is 52.6 Å². The second-order valence-electron chi connectivity index (χ2n) is 8.77. The number of anilines is 1. The van der Waals surface area contributed by atoms with Gasteiger partial charge >= 0.3 is 0 Å². The van der Waals surface area contributed by atoms with Gasteiger partial charge in [-0.25, -0.2) is 4.98 Å². The molecule has 2 amide bonds. The Kier molecular flexibility index (Phi) is 9.24. The van der Waals surface area contributed by atoms with Gasteiger partial charge in [0.05, 0.1) is 0 Å². The number of hydrogen-bond donors (Lipinski definition) is 2. The molecule has 3 rings (SSSR count). The molecule has 1 aromatic carbocycles. The molecule has 2 aromatic rings. The highest BCUT2D eigenvalue weighted by molar-refractivity contribution is 5.94. The van der Waals surface area contributed by atoms with Crippen LogP contribution in [0.5, 0.6) is 0 Å². The van der Waals surface area contributed by atoms with Gasteiger partial charge in [0.2, 0.25) is 5.91 Å². The number of nitrogens with one attached hydrogen (secondary N) is 2. The van der Waals surface area contributed by atoms with Gasteiger partial charge in [-0.3, -0.25) is 14.5 Å². The fourth-order valence-electron chi connectivity index (χ4n) is 4.21. The van der Waals surface area contributed by atoms with E-state index < -0.39 is 0 Å². The van der Waals surface area contributed by atoms with E-state index in [-0.39, 0.29) is 17.9 Å². The van der Waals surface area contributed by atoms with Crippen LogP contribution < -0.4 is 10.6 Å². The lowest BCUT2D eigenvalue weighted by Crippen LogP contribution is -2.33. The normalized spacial score (nSPS) is 14.3. The van der Waals surface area contributed by atoms with Crippen molar-refractivity contribution < 1.29 is 9.59 Å². The van der Waals surface area contributed by atoms with Crippen molar-refractivity contribution in [3.8, 4) is 0 Å². The zero-order chi connectivity index (χ0) is 23.6. The molecular formula is C26H37N5O2. The van der Waals surface area contributed by atoms with Gasteiger partial charge in [0, 0.05) is 64.0 Å².